The van der Waals surface area contributed by atoms with E-state index in [0.717, 1.165) is 48.6 Å². The largest absolute Gasteiger partial charge is 0.315 e. The molecule has 8 heteroatoms. The molecule has 0 saturated carbocycles. The van der Waals surface area contributed by atoms with Crippen molar-refractivity contribution in [1.29, 1.82) is 0 Å². The minimum absolute atomic E-state index is 0.238. The van der Waals surface area contributed by atoms with E-state index in [1.54, 1.807) is 0 Å². The van der Waals surface area contributed by atoms with Crippen LogP contribution in [0.15, 0.2) is 36.7 Å². The van der Waals surface area contributed by atoms with E-state index in [1.807, 2.05) is 36.7 Å². The monoisotopic (exact) mass is 362 g/mol. The zero-order chi connectivity index (χ0) is 18.5. The number of rotatable bonds is 4. The normalized spacial score (nSPS) is 18.6. The van der Waals surface area contributed by atoms with E-state index in [-0.39, 0.29) is 6.04 Å². The second-order valence-electron chi connectivity index (χ2n) is 6.63. The third kappa shape index (κ3) is 4.24. The third-order valence-electron chi connectivity index (χ3n) is 4.71. The van der Waals surface area contributed by atoms with Crippen LogP contribution in [0.1, 0.15) is 29.5 Å². The highest BCUT2D eigenvalue weighted by Crippen LogP contribution is 2.23. The number of nitrogens with one attached hydrogen (secondary N) is 2. The minimum atomic E-state index is 0.238. The summed E-state index contributed by atoms with van der Waals surface area (Å²) in [4.78, 5) is 11.7. The van der Waals surface area contributed by atoms with Gasteiger partial charge in [0, 0.05) is 12.1 Å². The lowest BCUT2D eigenvalue weighted by Crippen LogP contribution is -2.30. The molecule has 0 aliphatic carbocycles. The van der Waals surface area contributed by atoms with Crippen molar-refractivity contribution in [2.24, 2.45) is 0 Å². The van der Waals surface area contributed by atoms with Gasteiger partial charge in [-0.2, -0.15) is 0 Å². The first-order valence-corrected chi connectivity index (χ1v) is 9.05. The number of hydrogen-bond donors (Lipinski definition) is 2. The molecule has 0 radical (unpaired) electrons. The van der Waals surface area contributed by atoms with Crippen LogP contribution in [0, 0.1) is 0 Å². The van der Waals surface area contributed by atoms with Crippen molar-refractivity contribution >= 4 is 12.2 Å². The fraction of sp³-hybridized carbons (Fsp3) is 0.316. The maximum Gasteiger partial charge on any atom is 0.172 e. The zero-order valence-corrected chi connectivity index (χ0v) is 15.2. The van der Waals surface area contributed by atoms with Gasteiger partial charge in [-0.1, -0.05) is 24.3 Å². The molecular formula is C19H22N8. The van der Waals surface area contributed by atoms with Crippen molar-refractivity contribution < 1.29 is 0 Å². The highest BCUT2D eigenvalue weighted by Gasteiger charge is 2.21. The van der Waals surface area contributed by atoms with Crippen molar-refractivity contribution in [1.82, 2.24) is 40.8 Å². The molecule has 4 rings (SSSR count). The van der Waals surface area contributed by atoms with Crippen molar-refractivity contribution in [3.8, 4) is 11.3 Å². The molecule has 0 amide bonds. The average molecular weight is 362 g/mol. The van der Waals surface area contributed by atoms with E-state index in [2.05, 4.69) is 55.0 Å². The summed E-state index contributed by atoms with van der Waals surface area (Å²) in [6, 6.07) is 8.42. The average Bonchev–Trinajstić information content (AvgIpc) is 3.14. The SMILES string of the molecule is CN1CCCNCC1c1cncc(-c2cccc(/C=C/c3nnn[nH]3)c2)n1. The molecular weight excluding hydrogens is 340 g/mol. The first-order valence-electron chi connectivity index (χ1n) is 9.05. The molecule has 1 saturated heterocycles. The second-order valence-corrected chi connectivity index (χ2v) is 6.63. The molecule has 8 nitrogen and oxygen atoms in total. The van der Waals surface area contributed by atoms with Crippen LogP contribution in [0.3, 0.4) is 0 Å². The molecule has 0 bridgehead atoms. The maximum atomic E-state index is 4.90. The summed E-state index contributed by atoms with van der Waals surface area (Å²) >= 11 is 0. The summed E-state index contributed by atoms with van der Waals surface area (Å²) in [6.45, 7) is 2.99. The van der Waals surface area contributed by atoms with Crippen LogP contribution in [-0.4, -0.2) is 62.2 Å². The molecule has 1 fully saturated rings. The molecule has 1 unspecified atom stereocenters. The lowest BCUT2D eigenvalue weighted by molar-refractivity contribution is 0.256. The number of hydrogen-bond acceptors (Lipinski definition) is 7. The Morgan fingerprint density at radius 1 is 1.22 bits per heavy atom. The number of tetrazole rings is 1. The van der Waals surface area contributed by atoms with Crippen LogP contribution in [-0.2, 0) is 0 Å². The van der Waals surface area contributed by atoms with Crippen LogP contribution in [0.4, 0.5) is 0 Å². The Labute approximate surface area is 157 Å². The molecule has 2 N–H and O–H groups in total. The number of likely N-dealkylation sites (N-methyl/N-ethyl adjacent to an activating group) is 1. The van der Waals surface area contributed by atoms with E-state index in [4.69, 9.17) is 4.98 Å². The van der Waals surface area contributed by atoms with E-state index >= 15 is 0 Å². The van der Waals surface area contributed by atoms with Crippen LogP contribution < -0.4 is 5.32 Å². The highest BCUT2D eigenvalue weighted by molar-refractivity contribution is 5.70. The van der Waals surface area contributed by atoms with Gasteiger partial charge in [-0.3, -0.25) is 9.88 Å². The first-order chi connectivity index (χ1) is 13.3. The van der Waals surface area contributed by atoms with Gasteiger partial charge in [-0.25, -0.2) is 10.1 Å². The summed E-state index contributed by atoms with van der Waals surface area (Å²) in [7, 11) is 2.15. The van der Waals surface area contributed by atoms with E-state index in [0.29, 0.717) is 5.82 Å². The number of aromatic nitrogens is 6. The van der Waals surface area contributed by atoms with Crippen LogP contribution in [0.5, 0.6) is 0 Å². The molecule has 1 aliphatic heterocycles. The lowest BCUT2D eigenvalue weighted by Gasteiger charge is -2.24. The van der Waals surface area contributed by atoms with Gasteiger partial charge < -0.3 is 5.32 Å². The number of nitrogens with zero attached hydrogens (tertiary/aromatic N) is 6. The van der Waals surface area contributed by atoms with Gasteiger partial charge in [-0.05, 0) is 54.7 Å². The molecule has 1 atom stereocenters. The Kier molecular flexibility index (Phi) is 5.27. The predicted molar refractivity (Wildman–Crippen MR) is 103 cm³/mol. The summed E-state index contributed by atoms with van der Waals surface area (Å²) in [6.07, 6.45) is 8.64. The van der Waals surface area contributed by atoms with Crippen molar-refractivity contribution in [2.75, 3.05) is 26.7 Å². The maximum absolute atomic E-state index is 4.90. The van der Waals surface area contributed by atoms with Crippen LogP contribution in [0.2, 0.25) is 0 Å². The van der Waals surface area contributed by atoms with Gasteiger partial charge in [-0.15, -0.1) is 5.10 Å². The topological polar surface area (TPSA) is 95.5 Å². The Morgan fingerprint density at radius 2 is 2.19 bits per heavy atom. The lowest BCUT2D eigenvalue weighted by atomic mass is 10.1. The van der Waals surface area contributed by atoms with E-state index < -0.39 is 0 Å². The quantitative estimate of drug-likeness (QED) is 0.730. The predicted octanol–water partition coefficient (Wildman–Crippen LogP) is 1.79. The van der Waals surface area contributed by atoms with Gasteiger partial charge >= 0.3 is 0 Å². The van der Waals surface area contributed by atoms with Gasteiger partial charge in [0.2, 0.25) is 0 Å². The van der Waals surface area contributed by atoms with Crippen molar-refractivity contribution in [3.05, 3.63) is 53.7 Å². The summed E-state index contributed by atoms with van der Waals surface area (Å²) in [5, 5.41) is 17.2. The Balaban J connectivity index is 1.59. The molecule has 138 valence electrons. The molecule has 3 aromatic rings. The third-order valence-corrected chi connectivity index (χ3v) is 4.71. The summed E-state index contributed by atoms with van der Waals surface area (Å²) < 4.78 is 0. The van der Waals surface area contributed by atoms with Gasteiger partial charge in [0.25, 0.3) is 0 Å². The van der Waals surface area contributed by atoms with Gasteiger partial charge in [0.05, 0.1) is 29.8 Å². The molecule has 1 aliphatic rings. The highest BCUT2D eigenvalue weighted by atomic mass is 15.5. The molecule has 0 spiro atoms. The number of H-pyrrole nitrogens is 1. The number of benzene rings is 1. The van der Waals surface area contributed by atoms with Crippen molar-refractivity contribution in [3.63, 3.8) is 0 Å². The standard InChI is InChI=1S/C19H22N8/c1-27-9-3-8-20-13-18(27)17-12-21-11-16(22-17)15-5-2-4-14(10-15)6-7-19-23-25-26-24-19/h2,4-7,10-12,18,20H,3,8-9,13H2,1H3,(H,23,24,25,26)/b7-6+. The first kappa shape index (κ1) is 17.4. The minimum Gasteiger partial charge on any atom is -0.315 e. The van der Waals surface area contributed by atoms with E-state index in [9.17, 15) is 0 Å². The molecule has 27 heavy (non-hydrogen) atoms. The fourth-order valence-electron chi connectivity index (χ4n) is 3.23. The Bertz CT molecular complexity index is 906. The van der Waals surface area contributed by atoms with E-state index in [1.165, 1.54) is 0 Å². The number of aromatic amines is 1. The fourth-order valence-corrected chi connectivity index (χ4v) is 3.23. The summed E-state index contributed by atoms with van der Waals surface area (Å²) in [5.41, 5.74) is 3.95. The van der Waals surface area contributed by atoms with Crippen LogP contribution in [0.25, 0.3) is 23.4 Å². The molecule has 2 aromatic heterocycles. The smallest absolute Gasteiger partial charge is 0.172 e. The molecule has 3 heterocycles. The summed E-state index contributed by atoms with van der Waals surface area (Å²) in [5.74, 6) is 0.617. The van der Waals surface area contributed by atoms with Crippen LogP contribution >= 0.6 is 0 Å². The molecule has 1 aromatic carbocycles. The Morgan fingerprint density at radius 3 is 3.07 bits per heavy atom. The zero-order valence-electron chi connectivity index (χ0n) is 15.2. The second kappa shape index (κ2) is 8.15. The van der Waals surface area contributed by atoms with Crippen molar-refractivity contribution in [2.45, 2.75) is 12.5 Å². The Hall–Kier alpha value is -2.97. The van der Waals surface area contributed by atoms with Gasteiger partial charge in [0.15, 0.2) is 5.82 Å². The van der Waals surface area contributed by atoms with Gasteiger partial charge in [0.1, 0.15) is 0 Å².